The predicted molar refractivity (Wildman–Crippen MR) is 146 cm³/mol. The lowest BCUT2D eigenvalue weighted by molar-refractivity contribution is -0.155. The molecule has 1 N–H and O–H groups in total. The van der Waals surface area contributed by atoms with Gasteiger partial charge in [-0.15, -0.1) is 0 Å². The SMILES string of the molecule is COC(=O)CCC(=O)Cc1ccc(CCCC(=O)Nc2ccc(C3CC3CC(=O)OC(C)(C)C)cc2)cc1. The van der Waals surface area contributed by atoms with Gasteiger partial charge in [-0.25, -0.2) is 0 Å². The Bertz CT molecular complexity index is 1110. The summed E-state index contributed by atoms with van der Waals surface area (Å²) < 4.78 is 9.98. The summed E-state index contributed by atoms with van der Waals surface area (Å²) in [5.41, 5.74) is 3.52. The lowest BCUT2D eigenvalue weighted by atomic mass is 10.0. The zero-order valence-corrected chi connectivity index (χ0v) is 22.9. The van der Waals surface area contributed by atoms with Crippen LogP contribution in [0.4, 0.5) is 5.69 Å². The highest BCUT2D eigenvalue weighted by Crippen LogP contribution is 2.50. The zero-order chi connectivity index (χ0) is 27.7. The number of carbonyl (C=O) groups is 4. The molecule has 2 atom stereocenters. The summed E-state index contributed by atoms with van der Waals surface area (Å²) in [4.78, 5) is 47.6. The van der Waals surface area contributed by atoms with Crippen molar-refractivity contribution < 1.29 is 28.7 Å². The lowest BCUT2D eigenvalue weighted by Gasteiger charge is -2.19. The molecule has 2 unspecified atom stereocenters. The Morgan fingerprint density at radius 1 is 0.868 bits per heavy atom. The highest BCUT2D eigenvalue weighted by molar-refractivity contribution is 5.90. The van der Waals surface area contributed by atoms with Crippen LogP contribution >= 0.6 is 0 Å². The van der Waals surface area contributed by atoms with Crippen molar-refractivity contribution in [1.29, 1.82) is 0 Å². The summed E-state index contributed by atoms with van der Waals surface area (Å²) in [6.45, 7) is 5.64. The van der Waals surface area contributed by atoms with Gasteiger partial charge in [-0.3, -0.25) is 19.2 Å². The molecule has 1 aliphatic rings. The third-order valence-electron chi connectivity index (χ3n) is 6.52. The van der Waals surface area contributed by atoms with Crippen LogP contribution in [0.1, 0.15) is 81.9 Å². The second kappa shape index (κ2) is 13.4. The second-order valence-corrected chi connectivity index (χ2v) is 11.0. The summed E-state index contributed by atoms with van der Waals surface area (Å²) in [5, 5.41) is 2.96. The zero-order valence-electron chi connectivity index (χ0n) is 22.9. The third-order valence-corrected chi connectivity index (χ3v) is 6.52. The van der Waals surface area contributed by atoms with Crippen LogP contribution in [-0.2, 0) is 41.5 Å². The molecule has 3 rings (SSSR count). The number of rotatable bonds is 13. The summed E-state index contributed by atoms with van der Waals surface area (Å²) in [6, 6.07) is 15.7. The minimum atomic E-state index is -0.456. The van der Waals surface area contributed by atoms with E-state index < -0.39 is 5.60 Å². The Hall–Kier alpha value is -3.48. The molecule has 0 aromatic heterocycles. The average Bonchev–Trinajstić information content (AvgIpc) is 3.61. The molecule has 0 radical (unpaired) electrons. The van der Waals surface area contributed by atoms with Gasteiger partial charge >= 0.3 is 11.9 Å². The van der Waals surface area contributed by atoms with Crippen molar-refractivity contribution in [3.05, 3.63) is 65.2 Å². The smallest absolute Gasteiger partial charge is 0.306 e. The fourth-order valence-electron chi connectivity index (χ4n) is 4.45. The number of ether oxygens (including phenoxy) is 2. The van der Waals surface area contributed by atoms with Gasteiger partial charge in [0.2, 0.25) is 5.91 Å². The minimum absolute atomic E-state index is 0.00519. The molecule has 2 aromatic carbocycles. The quantitative estimate of drug-likeness (QED) is 0.347. The van der Waals surface area contributed by atoms with E-state index in [-0.39, 0.29) is 36.5 Å². The highest BCUT2D eigenvalue weighted by atomic mass is 16.6. The molecule has 1 amide bonds. The predicted octanol–water partition coefficient (Wildman–Crippen LogP) is 5.55. The topological polar surface area (TPSA) is 98.8 Å². The van der Waals surface area contributed by atoms with Crippen LogP contribution in [0.3, 0.4) is 0 Å². The number of hydrogen-bond acceptors (Lipinski definition) is 6. The van der Waals surface area contributed by atoms with Gasteiger partial charge in [0.15, 0.2) is 0 Å². The van der Waals surface area contributed by atoms with Gasteiger partial charge in [0.25, 0.3) is 0 Å². The Labute approximate surface area is 225 Å². The number of ketones is 1. The van der Waals surface area contributed by atoms with Crippen LogP contribution < -0.4 is 5.32 Å². The number of aryl methyl sites for hydroxylation is 1. The number of esters is 2. The van der Waals surface area contributed by atoms with E-state index in [1.807, 2.05) is 69.3 Å². The van der Waals surface area contributed by atoms with E-state index in [1.165, 1.54) is 12.7 Å². The van der Waals surface area contributed by atoms with E-state index >= 15 is 0 Å². The average molecular weight is 522 g/mol. The van der Waals surface area contributed by atoms with Crippen molar-refractivity contribution in [3.63, 3.8) is 0 Å². The van der Waals surface area contributed by atoms with Crippen molar-refractivity contribution in [3.8, 4) is 0 Å². The molecule has 0 heterocycles. The van der Waals surface area contributed by atoms with Gasteiger partial charge in [0.1, 0.15) is 11.4 Å². The molecule has 1 aliphatic carbocycles. The number of anilines is 1. The van der Waals surface area contributed by atoms with E-state index in [1.54, 1.807) is 0 Å². The summed E-state index contributed by atoms with van der Waals surface area (Å²) in [5.74, 6) is 0.152. The second-order valence-electron chi connectivity index (χ2n) is 11.0. The summed E-state index contributed by atoms with van der Waals surface area (Å²) >= 11 is 0. The fraction of sp³-hybridized carbons (Fsp3) is 0.484. The Balaban J connectivity index is 1.34. The van der Waals surface area contributed by atoms with Crippen molar-refractivity contribution in [2.45, 2.75) is 83.7 Å². The van der Waals surface area contributed by atoms with Crippen LogP contribution in [0, 0.1) is 5.92 Å². The maximum Gasteiger partial charge on any atom is 0.306 e. The van der Waals surface area contributed by atoms with Crippen molar-refractivity contribution in [1.82, 2.24) is 0 Å². The molecule has 1 saturated carbocycles. The molecule has 0 bridgehead atoms. The van der Waals surface area contributed by atoms with E-state index in [2.05, 4.69) is 10.1 Å². The first-order valence-corrected chi connectivity index (χ1v) is 13.3. The first-order chi connectivity index (χ1) is 18.0. The number of methoxy groups -OCH3 is 1. The molecular formula is C31H39NO6. The van der Waals surface area contributed by atoms with Crippen LogP contribution in [0.25, 0.3) is 0 Å². The van der Waals surface area contributed by atoms with Gasteiger partial charge in [0.05, 0.1) is 13.5 Å². The minimum Gasteiger partial charge on any atom is -0.469 e. The Morgan fingerprint density at radius 3 is 2.16 bits per heavy atom. The molecule has 7 nitrogen and oxygen atoms in total. The standard InChI is InChI=1S/C31H39NO6/c1-31(2,3)38-30(36)20-24-19-27(24)23-12-14-25(15-13-23)32-28(34)7-5-6-21-8-10-22(11-9-21)18-26(33)16-17-29(35)37-4/h8-15,24,27H,5-7,16-20H2,1-4H3,(H,32,34). The van der Waals surface area contributed by atoms with Gasteiger partial charge in [-0.1, -0.05) is 36.4 Å². The van der Waals surface area contributed by atoms with Crippen molar-refractivity contribution in [2.24, 2.45) is 5.92 Å². The molecule has 0 saturated heterocycles. The van der Waals surface area contributed by atoms with Crippen LogP contribution in [0.5, 0.6) is 0 Å². The number of nitrogens with one attached hydrogen (secondary N) is 1. The number of benzene rings is 2. The van der Waals surface area contributed by atoms with Gasteiger partial charge in [0, 0.05) is 31.4 Å². The van der Waals surface area contributed by atoms with Crippen molar-refractivity contribution >= 4 is 29.3 Å². The molecule has 38 heavy (non-hydrogen) atoms. The van der Waals surface area contributed by atoms with E-state index in [0.717, 1.165) is 36.1 Å². The normalized spacial score (nSPS) is 16.4. The van der Waals surface area contributed by atoms with Crippen LogP contribution in [0.2, 0.25) is 0 Å². The molecule has 7 heteroatoms. The molecule has 1 fully saturated rings. The largest absolute Gasteiger partial charge is 0.469 e. The maximum absolute atomic E-state index is 12.4. The van der Waals surface area contributed by atoms with E-state index in [0.29, 0.717) is 31.1 Å². The van der Waals surface area contributed by atoms with E-state index in [4.69, 9.17) is 4.74 Å². The number of Topliss-reactive ketones (excluding diaryl/α,β-unsaturated/α-hetero) is 1. The molecule has 0 aliphatic heterocycles. The van der Waals surface area contributed by atoms with Gasteiger partial charge in [-0.2, -0.15) is 0 Å². The van der Waals surface area contributed by atoms with Gasteiger partial charge in [-0.05, 0) is 80.7 Å². The number of carbonyl (C=O) groups excluding carboxylic acids is 4. The molecule has 2 aromatic rings. The Kier molecular flexibility index (Phi) is 10.2. The monoisotopic (exact) mass is 521 g/mol. The van der Waals surface area contributed by atoms with Crippen molar-refractivity contribution in [2.75, 3.05) is 12.4 Å². The summed E-state index contributed by atoms with van der Waals surface area (Å²) in [6.07, 6.45) is 3.91. The lowest BCUT2D eigenvalue weighted by Crippen LogP contribution is -2.24. The highest BCUT2D eigenvalue weighted by Gasteiger charge is 2.40. The third kappa shape index (κ3) is 10.1. The van der Waals surface area contributed by atoms with E-state index in [9.17, 15) is 19.2 Å². The number of amides is 1. The molecular weight excluding hydrogens is 482 g/mol. The Morgan fingerprint density at radius 2 is 1.53 bits per heavy atom. The van der Waals surface area contributed by atoms with Crippen LogP contribution in [0.15, 0.2) is 48.5 Å². The first-order valence-electron chi connectivity index (χ1n) is 13.3. The first kappa shape index (κ1) is 29.1. The maximum atomic E-state index is 12.4. The molecule has 204 valence electrons. The molecule has 0 spiro atoms. The number of hydrogen-bond donors (Lipinski definition) is 1. The summed E-state index contributed by atoms with van der Waals surface area (Å²) in [7, 11) is 1.31. The fourth-order valence-corrected chi connectivity index (χ4v) is 4.45. The van der Waals surface area contributed by atoms with Crippen LogP contribution in [-0.4, -0.2) is 36.3 Å². The van der Waals surface area contributed by atoms with Gasteiger partial charge < -0.3 is 14.8 Å².